The minimum Gasteiger partial charge on any atom is -0.505 e. The lowest BCUT2D eigenvalue weighted by atomic mass is 9.65. The van der Waals surface area contributed by atoms with Crippen molar-refractivity contribution in [1.82, 2.24) is 5.32 Å². The van der Waals surface area contributed by atoms with Gasteiger partial charge in [0.25, 0.3) is 0 Å². The summed E-state index contributed by atoms with van der Waals surface area (Å²) in [6, 6.07) is -1.40. The molecule has 7 heteroatoms. The number of ketones is 2. The van der Waals surface area contributed by atoms with Crippen LogP contribution in [-0.4, -0.2) is 45.5 Å². The van der Waals surface area contributed by atoms with Crippen molar-refractivity contribution in [2.24, 2.45) is 11.3 Å². The van der Waals surface area contributed by atoms with Crippen LogP contribution in [0.2, 0.25) is 0 Å². The Balaban J connectivity index is 2.11. The van der Waals surface area contributed by atoms with E-state index in [4.69, 9.17) is 10.2 Å². The van der Waals surface area contributed by atoms with Crippen LogP contribution in [0, 0.1) is 11.3 Å². The molecule has 0 saturated heterocycles. The molecule has 0 aliphatic heterocycles. The third-order valence-corrected chi connectivity index (χ3v) is 6.78. The standard InChI is InChI=1S/C24H33NO6/c1-14(9-11-24(4)10-5-6-15(2)16(24)3)7-8-17-21(28)18(12-20(27)22(17)29)25-19(13-26)23(30)31/h6-7,12,16,19,25-26,28H,5,8-11,13H2,1-4H3,(H,30,31)/b14-7+/t16-,19+,24-/m1/s1. The van der Waals surface area contributed by atoms with Gasteiger partial charge in [-0.05, 0) is 57.3 Å². The first-order valence-electron chi connectivity index (χ1n) is 10.7. The van der Waals surface area contributed by atoms with Crippen LogP contribution in [0.4, 0.5) is 0 Å². The Labute approximate surface area is 183 Å². The van der Waals surface area contributed by atoms with Crippen molar-refractivity contribution in [3.05, 3.63) is 46.4 Å². The Morgan fingerprint density at radius 3 is 2.68 bits per heavy atom. The zero-order chi connectivity index (χ0) is 23.3. The number of aliphatic carboxylic acids is 1. The average Bonchev–Trinajstić information content (AvgIpc) is 2.72. The molecule has 2 rings (SSSR count). The van der Waals surface area contributed by atoms with Gasteiger partial charge in [-0.25, -0.2) is 4.79 Å². The van der Waals surface area contributed by atoms with Crippen LogP contribution in [0.25, 0.3) is 0 Å². The van der Waals surface area contributed by atoms with Crippen LogP contribution < -0.4 is 5.32 Å². The number of hydrogen-bond acceptors (Lipinski definition) is 6. The number of carbonyl (C=O) groups excluding carboxylic acids is 2. The Morgan fingerprint density at radius 2 is 2.06 bits per heavy atom. The molecule has 0 aromatic carbocycles. The number of carbonyl (C=O) groups is 3. The van der Waals surface area contributed by atoms with Gasteiger partial charge in [-0.1, -0.05) is 37.1 Å². The van der Waals surface area contributed by atoms with Gasteiger partial charge in [0, 0.05) is 6.08 Å². The van der Waals surface area contributed by atoms with Crippen LogP contribution in [0.3, 0.4) is 0 Å². The molecular formula is C24H33NO6. The lowest BCUT2D eigenvalue weighted by Gasteiger charge is -2.40. The van der Waals surface area contributed by atoms with Crippen molar-refractivity contribution >= 4 is 17.5 Å². The topological polar surface area (TPSA) is 124 Å². The summed E-state index contributed by atoms with van der Waals surface area (Å²) in [4.78, 5) is 35.4. The molecule has 0 radical (unpaired) electrons. The highest BCUT2D eigenvalue weighted by Gasteiger charge is 2.34. The lowest BCUT2D eigenvalue weighted by Crippen LogP contribution is -2.41. The molecule has 0 amide bonds. The predicted octanol–water partition coefficient (Wildman–Crippen LogP) is 3.37. The molecule has 0 spiro atoms. The van der Waals surface area contributed by atoms with E-state index in [0.29, 0.717) is 5.92 Å². The van der Waals surface area contributed by atoms with Crippen molar-refractivity contribution in [2.75, 3.05) is 6.61 Å². The fraction of sp³-hybridized carbons (Fsp3) is 0.542. The van der Waals surface area contributed by atoms with Crippen LogP contribution in [-0.2, 0) is 14.4 Å². The van der Waals surface area contributed by atoms with Crippen molar-refractivity contribution in [3.63, 3.8) is 0 Å². The van der Waals surface area contributed by atoms with Crippen LogP contribution in [0.15, 0.2) is 46.4 Å². The Kier molecular flexibility index (Phi) is 8.01. The number of nitrogens with one attached hydrogen (secondary N) is 1. The van der Waals surface area contributed by atoms with Gasteiger partial charge in [0.2, 0.25) is 11.6 Å². The second-order valence-electron chi connectivity index (χ2n) is 8.91. The molecule has 0 unspecified atom stereocenters. The number of allylic oxidation sites excluding steroid dienone is 6. The number of aliphatic hydroxyl groups is 2. The zero-order valence-electron chi connectivity index (χ0n) is 18.7. The summed E-state index contributed by atoms with van der Waals surface area (Å²) in [7, 11) is 0. The maximum absolute atomic E-state index is 12.3. The highest BCUT2D eigenvalue weighted by atomic mass is 16.4. The van der Waals surface area contributed by atoms with E-state index in [-0.39, 0.29) is 23.1 Å². The van der Waals surface area contributed by atoms with E-state index >= 15 is 0 Å². The number of Topliss-reactive ketones (excluding diaryl/α,β-unsaturated/α-hetero) is 1. The molecule has 170 valence electrons. The quantitative estimate of drug-likeness (QED) is 0.251. The van der Waals surface area contributed by atoms with E-state index in [2.05, 4.69) is 32.2 Å². The predicted molar refractivity (Wildman–Crippen MR) is 117 cm³/mol. The molecule has 0 bridgehead atoms. The molecule has 2 aliphatic carbocycles. The monoisotopic (exact) mass is 431 g/mol. The van der Waals surface area contributed by atoms with E-state index in [0.717, 1.165) is 37.3 Å². The van der Waals surface area contributed by atoms with E-state index in [1.165, 1.54) is 5.57 Å². The third-order valence-electron chi connectivity index (χ3n) is 6.78. The first kappa shape index (κ1) is 24.6. The summed E-state index contributed by atoms with van der Waals surface area (Å²) in [6.07, 6.45) is 9.14. The molecule has 0 heterocycles. The minimum absolute atomic E-state index is 0.0727. The highest BCUT2D eigenvalue weighted by molar-refractivity contribution is 6.48. The second kappa shape index (κ2) is 10.1. The van der Waals surface area contributed by atoms with Gasteiger partial charge >= 0.3 is 5.97 Å². The number of carboxylic acids is 1. The van der Waals surface area contributed by atoms with E-state index in [1.54, 1.807) is 0 Å². The number of aliphatic hydroxyl groups excluding tert-OH is 2. The molecule has 2 aliphatic rings. The molecule has 0 saturated carbocycles. The smallest absolute Gasteiger partial charge is 0.328 e. The Morgan fingerprint density at radius 1 is 1.39 bits per heavy atom. The van der Waals surface area contributed by atoms with Gasteiger partial charge < -0.3 is 20.6 Å². The fourth-order valence-corrected chi connectivity index (χ4v) is 4.13. The van der Waals surface area contributed by atoms with Crippen molar-refractivity contribution < 1.29 is 29.7 Å². The van der Waals surface area contributed by atoms with Gasteiger partial charge in [-0.3, -0.25) is 9.59 Å². The average molecular weight is 432 g/mol. The molecule has 3 atom stereocenters. The molecule has 4 N–H and O–H groups in total. The summed E-state index contributed by atoms with van der Waals surface area (Å²) in [5.41, 5.74) is 2.45. The first-order chi connectivity index (χ1) is 14.5. The largest absolute Gasteiger partial charge is 0.505 e. The van der Waals surface area contributed by atoms with E-state index < -0.39 is 35.9 Å². The number of hydrogen-bond donors (Lipinski definition) is 4. The fourth-order valence-electron chi connectivity index (χ4n) is 4.13. The highest BCUT2D eigenvalue weighted by Crippen LogP contribution is 2.45. The molecule has 7 nitrogen and oxygen atoms in total. The van der Waals surface area contributed by atoms with E-state index in [9.17, 15) is 19.5 Å². The van der Waals surface area contributed by atoms with Crippen LogP contribution in [0.5, 0.6) is 0 Å². The van der Waals surface area contributed by atoms with Gasteiger partial charge in [-0.15, -0.1) is 0 Å². The second-order valence-corrected chi connectivity index (χ2v) is 8.91. The summed E-state index contributed by atoms with van der Waals surface area (Å²) in [6.45, 7) is 7.98. The maximum atomic E-state index is 12.3. The number of carboxylic acid groups (broad SMARTS) is 1. The van der Waals surface area contributed by atoms with E-state index in [1.807, 2.05) is 13.0 Å². The lowest BCUT2D eigenvalue weighted by molar-refractivity contribution is -0.140. The van der Waals surface area contributed by atoms with Gasteiger partial charge in [0.1, 0.15) is 11.8 Å². The summed E-state index contributed by atoms with van der Waals surface area (Å²) >= 11 is 0. The maximum Gasteiger partial charge on any atom is 0.328 e. The third kappa shape index (κ3) is 5.73. The van der Waals surface area contributed by atoms with Crippen LogP contribution >= 0.6 is 0 Å². The Bertz CT molecular complexity index is 879. The minimum atomic E-state index is -1.40. The first-order valence-corrected chi connectivity index (χ1v) is 10.7. The SMILES string of the molecule is CC1=CCC[C@](C)(CC/C(C)=C/CC2=C(O)C(N[C@@H](CO)C(=O)O)=CC(=O)C2=O)[C@@H]1C. The normalized spacial score (nSPS) is 25.8. The van der Waals surface area contributed by atoms with Gasteiger partial charge in [0.05, 0.1) is 17.9 Å². The van der Waals surface area contributed by atoms with Crippen molar-refractivity contribution in [2.45, 2.75) is 65.8 Å². The van der Waals surface area contributed by atoms with Gasteiger partial charge in [0.15, 0.2) is 0 Å². The van der Waals surface area contributed by atoms with Gasteiger partial charge in [-0.2, -0.15) is 0 Å². The Hall–Kier alpha value is -2.67. The molecule has 31 heavy (non-hydrogen) atoms. The molecular weight excluding hydrogens is 398 g/mol. The molecule has 0 aromatic heterocycles. The number of rotatable bonds is 9. The summed E-state index contributed by atoms with van der Waals surface area (Å²) in [5, 5.41) is 31.1. The zero-order valence-corrected chi connectivity index (χ0v) is 18.7. The molecule has 0 aromatic rings. The van der Waals surface area contributed by atoms with Crippen molar-refractivity contribution in [1.29, 1.82) is 0 Å². The summed E-state index contributed by atoms with van der Waals surface area (Å²) < 4.78 is 0. The molecule has 0 fully saturated rings. The summed E-state index contributed by atoms with van der Waals surface area (Å²) in [5.74, 6) is -2.94. The van der Waals surface area contributed by atoms with Crippen LogP contribution in [0.1, 0.15) is 59.8 Å². The van der Waals surface area contributed by atoms with Crippen molar-refractivity contribution in [3.8, 4) is 0 Å².